The van der Waals surface area contributed by atoms with Crippen LogP contribution in [-0.4, -0.2) is 43.7 Å². The number of carbonyl (C=O) groups excluding carboxylic acids is 1. The standard InChI is InChI=1S/C34H38F6N8O/c1-19-27-11-23(29(44-30(27)48(45-19)32(2,3)4)46(15-20-5-6-20)16-21-7-8-21)18-47(31-42-13-24(14-43-31)28(41)49)17-22-9-25(33(35,36)37)12-26(10-22)34(38,39)40/h9-14,20-21H,5-8,15-18H2,1-4H3,(H2,41,49). The number of carbonyl (C=O) groups is 1. The van der Waals surface area contributed by atoms with Crippen molar-refractivity contribution >= 4 is 28.7 Å². The molecule has 49 heavy (non-hydrogen) atoms. The molecule has 0 unspecified atom stereocenters. The SMILES string of the molecule is Cc1nn(C(C)(C)C)c2nc(N(CC3CC3)CC3CC3)c(CN(Cc3cc(C(F)(F)F)cc(C(F)(F)F)c3)c3ncc(C(N)=O)cn3)cc12. The number of halogens is 6. The number of amides is 1. The molecule has 0 atom stereocenters. The molecule has 1 amide bonds. The molecule has 6 rings (SSSR count). The quantitative estimate of drug-likeness (QED) is 0.166. The van der Waals surface area contributed by atoms with Crippen molar-refractivity contribution < 1.29 is 31.1 Å². The molecule has 9 nitrogen and oxygen atoms in total. The highest BCUT2D eigenvalue weighted by molar-refractivity contribution is 5.92. The summed E-state index contributed by atoms with van der Waals surface area (Å²) in [6.45, 7) is 9.07. The lowest BCUT2D eigenvalue weighted by molar-refractivity contribution is -0.143. The van der Waals surface area contributed by atoms with Crippen molar-refractivity contribution in [1.29, 1.82) is 0 Å². The van der Waals surface area contributed by atoms with E-state index in [2.05, 4.69) is 14.9 Å². The van der Waals surface area contributed by atoms with Gasteiger partial charge >= 0.3 is 12.4 Å². The van der Waals surface area contributed by atoms with Gasteiger partial charge in [0.2, 0.25) is 5.95 Å². The number of rotatable bonds is 11. The Morgan fingerprint density at radius 3 is 1.88 bits per heavy atom. The van der Waals surface area contributed by atoms with E-state index in [9.17, 15) is 31.1 Å². The van der Waals surface area contributed by atoms with Crippen molar-refractivity contribution in [3.8, 4) is 0 Å². The van der Waals surface area contributed by atoms with Crippen LogP contribution in [0.1, 0.15) is 84.8 Å². The normalized spacial score (nSPS) is 15.6. The van der Waals surface area contributed by atoms with E-state index >= 15 is 0 Å². The fourth-order valence-electron chi connectivity index (χ4n) is 5.89. The smallest absolute Gasteiger partial charge is 0.366 e. The van der Waals surface area contributed by atoms with Gasteiger partial charge in [-0.2, -0.15) is 31.4 Å². The summed E-state index contributed by atoms with van der Waals surface area (Å²) in [7, 11) is 0. The molecule has 0 radical (unpaired) electrons. The predicted molar refractivity (Wildman–Crippen MR) is 172 cm³/mol. The Bertz CT molecular complexity index is 1810. The van der Waals surface area contributed by atoms with E-state index in [1.807, 2.05) is 38.4 Å². The molecule has 2 aliphatic rings. The predicted octanol–water partition coefficient (Wildman–Crippen LogP) is 7.25. The van der Waals surface area contributed by atoms with E-state index in [-0.39, 0.29) is 29.7 Å². The number of hydrogen-bond donors (Lipinski definition) is 1. The molecule has 0 bridgehead atoms. The molecule has 262 valence electrons. The summed E-state index contributed by atoms with van der Waals surface area (Å²) in [4.78, 5) is 29.2. The summed E-state index contributed by atoms with van der Waals surface area (Å²) in [6.07, 6.45) is -3.28. The lowest BCUT2D eigenvalue weighted by Gasteiger charge is -2.30. The van der Waals surface area contributed by atoms with Crippen molar-refractivity contribution in [2.45, 2.75) is 84.4 Å². The molecule has 0 saturated heterocycles. The Labute approximate surface area is 279 Å². The van der Waals surface area contributed by atoms with Crippen LogP contribution in [0.15, 0.2) is 36.7 Å². The highest BCUT2D eigenvalue weighted by atomic mass is 19.4. The summed E-state index contributed by atoms with van der Waals surface area (Å²) < 4.78 is 84.8. The first-order valence-corrected chi connectivity index (χ1v) is 16.2. The van der Waals surface area contributed by atoms with Crippen LogP contribution in [0.25, 0.3) is 11.0 Å². The number of benzene rings is 1. The third-order valence-electron chi connectivity index (χ3n) is 8.77. The third-order valence-corrected chi connectivity index (χ3v) is 8.77. The molecular weight excluding hydrogens is 650 g/mol. The maximum atomic E-state index is 13.8. The van der Waals surface area contributed by atoms with Gasteiger partial charge in [0.25, 0.3) is 5.91 Å². The van der Waals surface area contributed by atoms with E-state index in [4.69, 9.17) is 15.8 Å². The second-order valence-electron chi connectivity index (χ2n) is 14.2. The Morgan fingerprint density at radius 2 is 1.41 bits per heavy atom. The third kappa shape index (κ3) is 7.91. The van der Waals surface area contributed by atoms with Gasteiger partial charge in [-0.15, -0.1) is 0 Å². The summed E-state index contributed by atoms with van der Waals surface area (Å²) >= 11 is 0. The number of aromatic nitrogens is 5. The number of pyridine rings is 1. The second kappa shape index (κ2) is 12.5. The Balaban J connectivity index is 1.50. The van der Waals surface area contributed by atoms with Crippen molar-refractivity contribution in [1.82, 2.24) is 24.7 Å². The molecule has 4 aromatic rings. The van der Waals surface area contributed by atoms with Crippen LogP contribution in [0, 0.1) is 18.8 Å². The van der Waals surface area contributed by atoms with Crippen LogP contribution in [0.2, 0.25) is 0 Å². The first-order chi connectivity index (χ1) is 22.9. The average molecular weight is 689 g/mol. The van der Waals surface area contributed by atoms with Crippen LogP contribution in [0.4, 0.5) is 38.1 Å². The van der Waals surface area contributed by atoms with Crippen molar-refractivity contribution in [2.75, 3.05) is 22.9 Å². The molecule has 2 N–H and O–H groups in total. The number of primary amides is 1. The number of alkyl halides is 6. The number of nitrogens with zero attached hydrogens (tertiary/aromatic N) is 7. The minimum atomic E-state index is -5.01. The summed E-state index contributed by atoms with van der Waals surface area (Å²) in [5.74, 6) is 0.885. The van der Waals surface area contributed by atoms with Gasteiger partial charge in [-0.3, -0.25) is 4.79 Å². The maximum absolute atomic E-state index is 13.8. The van der Waals surface area contributed by atoms with Gasteiger partial charge in [0.05, 0.1) is 27.9 Å². The highest BCUT2D eigenvalue weighted by Gasteiger charge is 2.37. The van der Waals surface area contributed by atoms with Gasteiger partial charge in [0, 0.05) is 49.5 Å². The van der Waals surface area contributed by atoms with Gasteiger partial charge < -0.3 is 15.5 Å². The van der Waals surface area contributed by atoms with Crippen LogP contribution in [0.3, 0.4) is 0 Å². The summed E-state index contributed by atoms with van der Waals surface area (Å²) in [5, 5.41) is 5.56. The number of aryl methyl sites for hydroxylation is 1. The summed E-state index contributed by atoms with van der Waals surface area (Å²) in [6, 6.07) is 3.46. The number of hydrogen-bond acceptors (Lipinski definition) is 7. The second-order valence-corrected chi connectivity index (χ2v) is 14.2. The van der Waals surface area contributed by atoms with Gasteiger partial charge in [0.1, 0.15) is 5.82 Å². The minimum absolute atomic E-state index is 0.00355. The minimum Gasteiger partial charge on any atom is -0.366 e. The maximum Gasteiger partial charge on any atom is 0.416 e. The average Bonchev–Trinajstić information content (AvgIpc) is 3.95. The van der Waals surface area contributed by atoms with Crippen LogP contribution in [0.5, 0.6) is 0 Å². The van der Waals surface area contributed by atoms with Gasteiger partial charge in [-0.1, -0.05) is 0 Å². The molecule has 0 spiro atoms. The highest BCUT2D eigenvalue weighted by Crippen LogP contribution is 2.40. The molecule has 2 aliphatic carbocycles. The summed E-state index contributed by atoms with van der Waals surface area (Å²) in [5.41, 5.74) is 3.99. The Morgan fingerprint density at radius 1 is 0.857 bits per heavy atom. The topological polar surface area (TPSA) is 106 Å². The van der Waals surface area contributed by atoms with E-state index in [1.165, 1.54) is 17.3 Å². The fraction of sp³-hybridized carbons (Fsp3) is 0.500. The monoisotopic (exact) mass is 688 g/mol. The fourth-order valence-corrected chi connectivity index (χ4v) is 5.89. The van der Waals surface area contributed by atoms with Crippen molar-refractivity contribution in [2.24, 2.45) is 17.6 Å². The van der Waals surface area contributed by atoms with Crippen LogP contribution < -0.4 is 15.5 Å². The first kappa shape index (κ1) is 34.4. The molecular formula is C34H38F6N8O. The first-order valence-electron chi connectivity index (χ1n) is 16.2. The zero-order chi connectivity index (χ0) is 35.5. The van der Waals surface area contributed by atoms with Crippen molar-refractivity contribution in [3.63, 3.8) is 0 Å². The van der Waals surface area contributed by atoms with E-state index in [0.717, 1.165) is 49.9 Å². The number of fused-ring (bicyclic) bond motifs is 1. The molecule has 1 aromatic carbocycles. The number of nitrogens with two attached hydrogens (primary N) is 1. The Hall–Kier alpha value is -4.43. The molecule has 3 heterocycles. The Kier molecular flexibility index (Phi) is 8.76. The number of anilines is 2. The van der Waals surface area contributed by atoms with E-state index < -0.39 is 41.5 Å². The van der Waals surface area contributed by atoms with E-state index in [0.29, 0.717) is 41.0 Å². The van der Waals surface area contributed by atoms with Crippen LogP contribution >= 0.6 is 0 Å². The molecule has 15 heteroatoms. The largest absolute Gasteiger partial charge is 0.416 e. The lowest BCUT2D eigenvalue weighted by Crippen LogP contribution is -2.32. The zero-order valence-corrected chi connectivity index (χ0v) is 27.7. The molecule has 2 saturated carbocycles. The van der Waals surface area contributed by atoms with E-state index in [1.54, 1.807) is 0 Å². The van der Waals surface area contributed by atoms with Crippen molar-refractivity contribution in [3.05, 3.63) is 70.2 Å². The molecule has 2 fully saturated rings. The van der Waals surface area contributed by atoms with Crippen LogP contribution in [-0.2, 0) is 31.0 Å². The molecule has 3 aromatic heterocycles. The van der Waals surface area contributed by atoms with Gasteiger partial charge in [-0.05, 0) is 95.0 Å². The van der Waals surface area contributed by atoms with Gasteiger partial charge in [-0.25, -0.2) is 19.6 Å². The molecule has 0 aliphatic heterocycles. The van der Waals surface area contributed by atoms with Gasteiger partial charge in [0.15, 0.2) is 5.65 Å². The lowest BCUT2D eigenvalue weighted by atomic mass is 10.0. The zero-order valence-electron chi connectivity index (χ0n) is 27.7.